The molecule has 20 nitrogen and oxygen atoms in total. The highest BCUT2D eigenvalue weighted by Crippen LogP contribution is 2.51. The van der Waals surface area contributed by atoms with Crippen LogP contribution in [0.1, 0.15) is 285 Å². The van der Waals surface area contributed by atoms with Gasteiger partial charge in [-0.15, -0.1) is 0 Å². The molecular formula is C130H150N10O10. The van der Waals surface area contributed by atoms with Gasteiger partial charge < -0.3 is 62.7 Å². The molecule has 10 heterocycles. The van der Waals surface area contributed by atoms with Crippen LogP contribution in [0.3, 0.4) is 0 Å². The average molecular weight is 2010 g/mol. The molecule has 16 rings (SSSR count). The van der Waals surface area contributed by atoms with E-state index in [2.05, 4.69) is 326 Å². The van der Waals surface area contributed by atoms with Gasteiger partial charge in [0.25, 0.3) is 5.69 Å². The minimum atomic E-state index is -0.407. The van der Waals surface area contributed by atoms with Crippen LogP contribution in [-0.4, -0.2) is 112 Å². The van der Waals surface area contributed by atoms with E-state index in [1.165, 1.54) is 12.1 Å². The normalized spacial score (nSPS) is 12.7. The van der Waals surface area contributed by atoms with Gasteiger partial charge in [-0.2, -0.15) is 0 Å². The Balaban J connectivity index is 1.08. The quantitative estimate of drug-likeness (QED) is 0.0180. The molecule has 0 fully saturated rings. The van der Waals surface area contributed by atoms with Gasteiger partial charge in [0.1, 0.15) is 46.0 Å². The number of H-pyrrole nitrogens is 4. The number of nitrogens with one attached hydrogen (secondary N) is 4. The van der Waals surface area contributed by atoms with Crippen LogP contribution >= 0.6 is 0 Å². The highest BCUT2D eigenvalue weighted by molar-refractivity contribution is 6.03. The van der Waals surface area contributed by atoms with Gasteiger partial charge >= 0.3 is 0 Å². The summed E-state index contributed by atoms with van der Waals surface area (Å²) in [6.45, 7) is 56.8. The second-order valence-corrected chi connectivity index (χ2v) is 49.5. The third-order valence-corrected chi connectivity index (χ3v) is 26.7. The Morgan fingerprint density at radius 2 is 0.460 bits per heavy atom. The molecule has 6 aromatic carbocycles. The first-order valence-corrected chi connectivity index (χ1v) is 52.9. The second-order valence-electron chi connectivity index (χ2n) is 49.5. The Kier molecular flexibility index (Phi) is 32.1. The van der Waals surface area contributed by atoms with Crippen LogP contribution in [0.15, 0.2) is 170 Å². The summed E-state index contributed by atoms with van der Waals surface area (Å²) in [4.78, 5) is 53.6. The van der Waals surface area contributed by atoms with Gasteiger partial charge in [-0.25, -0.2) is 19.9 Å². The van der Waals surface area contributed by atoms with E-state index in [9.17, 15) is 10.1 Å². The van der Waals surface area contributed by atoms with Crippen LogP contribution in [0.25, 0.3) is 148 Å². The van der Waals surface area contributed by atoms with E-state index in [0.717, 1.165) is 107 Å². The van der Waals surface area contributed by atoms with E-state index in [0.29, 0.717) is 216 Å². The maximum absolute atomic E-state index is 12.2. The molecule has 12 aromatic rings. The van der Waals surface area contributed by atoms with E-state index in [1.807, 2.05) is 97.1 Å². The van der Waals surface area contributed by atoms with Crippen molar-refractivity contribution in [2.75, 3.05) is 71.9 Å². The summed E-state index contributed by atoms with van der Waals surface area (Å²) in [5, 5.41) is 12.2. The van der Waals surface area contributed by atoms with Gasteiger partial charge in [-0.3, -0.25) is 10.1 Å². The molecule has 0 amide bonds. The minimum absolute atomic E-state index is 0.0480. The first kappa shape index (κ1) is 108. The number of rotatable bonds is 31. The SMILES string of the molecule is CN(C)c1ccc(-c2c3nc(c(-c4c(OCCC(C)(C)C)cccc4OCCC(C)(C)C)c4ccc([nH]4)c(C#Cc4c5nc(c(-c6c(OCCC(C)(C)C)cccc6OCCC(C)(C)C)c6ccc([nH]6)c(C#Cc6ccc([N+](=O)[O-])cc6)c6nc(c(-c7c(OCCC(C)(C)C)cccc7OCCC(C)(C)C)c7ccc4[nH]7)C=C6)C=C5)c4nc(c(-c5c(OCCC(C)(C)C)cccc5OCCC(C)(C)C)c5ccc2[nH]5)C=C4)C=C3)cc1. The third-order valence-electron chi connectivity index (χ3n) is 26.7. The minimum Gasteiger partial charge on any atom is -0.493 e. The van der Waals surface area contributed by atoms with Crippen molar-refractivity contribution in [1.82, 2.24) is 39.9 Å². The second kappa shape index (κ2) is 44.6. The fraction of sp³-hybridized carbons (Fsp3) is 0.385. The van der Waals surface area contributed by atoms with Crippen molar-refractivity contribution in [1.29, 1.82) is 0 Å². The molecule has 0 unspecified atom stereocenters. The molecule has 0 atom stereocenters. The number of ether oxygens (including phenoxy) is 8. The zero-order chi connectivity index (χ0) is 107. The first-order chi connectivity index (χ1) is 71.0. The van der Waals surface area contributed by atoms with Gasteiger partial charge in [0.15, 0.2) is 0 Å². The summed E-state index contributed by atoms with van der Waals surface area (Å²) in [6, 6.07) is 56.0. The Morgan fingerprint density at radius 1 is 0.253 bits per heavy atom. The number of hydrogen-bond acceptors (Lipinski definition) is 15. The number of aromatic amines is 4. The van der Waals surface area contributed by atoms with E-state index in [-0.39, 0.29) is 49.0 Å². The summed E-state index contributed by atoms with van der Waals surface area (Å²) in [5.41, 5.74) is 20.3. The molecule has 20 heteroatoms. The smallest absolute Gasteiger partial charge is 0.269 e. The van der Waals surface area contributed by atoms with E-state index in [4.69, 9.17) is 57.8 Å². The van der Waals surface area contributed by atoms with E-state index < -0.39 is 4.92 Å². The molecule has 4 aliphatic heterocycles. The van der Waals surface area contributed by atoms with Crippen molar-refractivity contribution in [3.8, 4) is 125 Å². The van der Waals surface area contributed by atoms with Gasteiger partial charge in [0.05, 0.1) is 159 Å². The molecule has 0 radical (unpaired) electrons. The van der Waals surface area contributed by atoms with Crippen molar-refractivity contribution in [3.63, 3.8) is 0 Å². The zero-order valence-corrected chi connectivity index (χ0v) is 92.9. The molecule has 0 spiro atoms. The summed E-state index contributed by atoms with van der Waals surface area (Å²) >= 11 is 0. The van der Waals surface area contributed by atoms with E-state index >= 15 is 0 Å². The molecule has 0 saturated carbocycles. The van der Waals surface area contributed by atoms with Crippen LogP contribution in [0.4, 0.5) is 11.4 Å². The van der Waals surface area contributed by atoms with Crippen molar-refractivity contribution in [3.05, 3.63) is 248 Å². The number of nitrogens with zero attached hydrogens (tertiary/aromatic N) is 6. The van der Waals surface area contributed by atoms with Gasteiger partial charge in [0.2, 0.25) is 0 Å². The number of nitro groups is 1. The van der Waals surface area contributed by atoms with Crippen LogP contribution in [0, 0.1) is 77.1 Å². The fourth-order valence-corrected chi connectivity index (χ4v) is 17.7. The summed E-state index contributed by atoms with van der Waals surface area (Å²) in [5.74, 6) is 19.8. The topological polar surface area (TPSA) is 235 Å². The lowest BCUT2D eigenvalue weighted by atomic mass is 9.93. The van der Waals surface area contributed by atoms with Crippen molar-refractivity contribution < 1.29 is 42.8 Å². The van der Waals surface area contributed by atoms with Gasteiger partial charge in [-0.05, 0) is 270 Å². The van der Waals surface area contributed by atoms with Crippen molar-refractivity contribution in [2.24, 2.45) is 43.3 Å². The maximum Gasteiger partial charge on any atom is 0.269 e. The lowest BCUT2D eigenvalue weighted by Crippen LogP contribution is -2.13. The predicted octanol–water partition coefficient (Wildman–Crippen LogP) is 33.3. The number of benzene rings is 6. The van der Waals surface area contributed by atoms with Crippen molar-refractivity contribution in [2.45, 2.75) is 218 Å². The van der Waals surface area contributed by atoms with Gasteiger partial charge in [-0.1, -0.05) is 226 Å². The predicted molar refractivity (Wildman–Crippen MR) is 621 cm³/mol. The largest absolute Gasteiger partial charge is 0.493 e. The highest BCUT2D eigenvalue weighted by atomic mass is 16.6. The fourth-order valence-electron chi connectivity index (χ4n) is 17.7. The van der Waals surface area contributed by atoms with Crippen molar-refractivity contribution >= 4 is 104 Å². The van der Waals surface area contributed by atoms with Crippen LogP contribution in [0.5, 0.6) is 46.0 Å². The van der Waals surface area contributed by atoms with Gasteiger partial charge in [0, 0.05) is 92.9 Å². The Bertz CT molecular complexity index is 7340. The van der Waals surface area contributed by atoms with Crippen LogP contribution < -0.4 is 42.8 Å². The standard InChI is InChI=1S/C130H150N10O10/c1-123(2,3)67-75-143-106-31-27-32-107(144-76-68-124(4,5)6)119(106)115-98-57-51-90(131-98)87(48-41-83-39-44-86(45-40-83)140(141)142)91-52-58-99(132-91)116(120-108(145-77-69-125(7,8)9)33-28-34-109(120)146-78-70-126(10,11)12)101-60-54-93(134-101)88(92-53-59-100(115)133-92)49-50-89-94-55-61-102(135-94)117(121-110(147-79-71-127(13,14)15)35-29-36-111(121)148-80-72-128(16,17)18)104-65-63-96(137-104)114(84-42-46-85(47-43-84)139(25)26)97-64-66-105(138-97)118(103-62-56-95(89)136-103)122-112(149-81-73-129(19,20)21)37-30-38-113(122)150-82-74-130(22,23)24/h27-40,42-47,51-66,131,134-135,138H,67-82H2,1-26H3. The number of fused-ring (bicyclic) bond motifs is 16. The zero-order valence-electron chi connectivity index (χ0n) is 92.9. The van der Waals surface area contributed by atoms with Crippen LogP contribution in [-0.2, 0) is 0 Å². The molecule has 0 saturated heterocycles. The Labute approximate surface area is 887 Å². The number of non-ortho nitro benzene ring substituents is 1. The third kappa shape index (κ3) is 27.5. The molecule has 4 N–H and O–H groups in total. The first-order valence-electron chi connectivity index (χ1n) is 52.9. The number of hydrogen-bond donors (Lipinski definition) is 4. The Hall–Kier alpha value is -14.8. The summed E-state index contributed by atoms with van der Waals surface area (Å²) < 4.78 is 57.2. The molecular weight excluding hydrogens is 1860 g/mol. The lowest BCUT2D eigenvalue weighted by molar-refractivity contribution is -0.384. The molecule has 4 aliphatic rings. The molecule has 150 heavy (non-hydrogen) atoms. The summed E-state index contributed by atoms with van der Waals surface area (Å²) in [7, 11) is 4.12. The summed E-state index contributed by atoms with van der Waals surface area (Å²) in [6.07, 6.45) is 22.6. The number of aromatic nitrogens is 8. The van der Waals surface area contributed by atoms with Crippen LogP contribution in [0.2, 0.25) is 0 Å². The average Bonchev–Trinajstić information content (AvgIpc) is 1.60. The lowest BCUT2D eigenvalue weighted by Gasteiger charge is -2.22. The van der Waals surface area contributed by atoms with E-state index in [1.54, 1.807) is 12.1 Å². The highest BCUT2D eigenvalue weighted by Gasteiger charge is 2.32. The Morgan fingerprint density at radius 3 is 0.693 bits per heavy atom. The monoisotopic (exact) mass is 2010 g/mol. The molecule has 16 bridgehead atoms. The molecule has 780 valence electrons. The maximum atomic E-state index is 12.2. The molecule has 0 aliphatic carbocycles. The number of anilines is 1. The number of nitro benzene ring substituents is 1. The molecule has 6 aromatic heterocycles.